The van der Waals surface area contributed by atoms with Gasteiger partial charge in [0.2, 0.25) is 0 Å². The van der Waals surface area contributed by atoms with Gasteiger partial charge in [-0.2, -0.15) is 0 Å². The minimum Gasteiger partial charge on any atom is -0.493 e. The Labute approximate surface area is 114 Å². The minimum atomic E-state index is 0.0506. The summed E-state index contributed by atoms with van der Waals surface area (Å²) in [7, 11) is 0. The van der Waals surface area contributed by atoms with Crippen molar-refractivity contribution in [1.82, 2.24) is 0 Å². The molecule has 2 nitrogen and oxygen atoms in total. The van der Waals surface area contributed by atoms with Crippen LogP contribution < -0.4 is 10.5 Å². The minimum absolute atomic E-state index is 0.0506. The molecule has 98 valence electrons. The van der Waals surface area contributed by atoms with E-state index in [0.717, 1.165) is 31.6 Å². The molecule has 2 N–H and O–H groups in total. The number of benzene rings is 2. The van der Waals surface area contributed by atoms with Gasteiger partial charge in [0, 0.05) is 6.04 Å². The van der Waals surface area contributed by atoms with Crippen LogP contribution in [-0.2, 0) is 12.8 Å². The monoisotopic (exact) mass is 253 g/mol. The molecule has 0 saturated carbocycles. The summed E-state index contributed by atoms with van der Waals surface area (Å²) in [5.74, 6) is 1.03. The number of nitrogens with two attached hydrogens (primary N) is 1. The van der Waals surface area contributed by atoms with Gasteiger partial charge in [-0.05, 0) is 42.0 Å². The van der Waals surface area contributed by atoms with Crippen molar-refractivity contribution in [3.05, 3.63) is 65.2 Å². The lowest BCUT2D eigenvalue weighted by molar-refractivity contribution is 0.288. The lowest BCUT2D eigenvalue weighted by Crippen LogP contribution is -2.15. The van der Waals surface area contributed by atoms with Crippen LogP contribution in [0.15, 0.2) is 48.5 Å². The Morgan fingerprint density at radius 2 is 1.95 bits per heavy atom. The van der Waals surface area contributed by atoms with Crippen molar-refractivity contribution in [2.45, 2.75) is 25.3 Å². The zero-order valence-corrected chi connectivity index (χ0v) is 11.0. The van der Waals surface area contributed by atoms with E-state index in [4.69, 9.17) is 10.5 Å². The number of aryl methyl sites for hydroxylation is 1. The van der Waals surface area contributed by atoms with E-state index in [9.17, 15) is 0 Å². The summed E-state index contributed by atoms with van der Waals surface area (Å²) in [6.45, 7) is 0.836. The molecule has 2 heteroatoms. The first-order chi connectivity index (χ1) is 9.33. The van der Waals surface area contributed by atoms with Crippen LogP contribution in [0.4, 0.5) is 0 Å². The molecule has 19 heavy (non-hydrogen) atoms. The maximum absolute atomic E-state index is 6.32. The molecule has 2 aromatic rings. The molecule has 1 aliphatic heterocycles. The van der Waals surface area contributed by atoms with Crippen LogP contribution in [0.25, 0.3) is 0 Å². The predicted molar refractivity (Wildman–Crippen MR) is 77.3 cm³/mol. The molecule has 0 aromatic heterocycles. The first-order valence-electron chi connectivity index (χ1n) is 6.88. The highest BCUT2D eigenvalue weighted by atomic mass is 16.5. The second kappa shape index (κ2) is 5.45. The fraction of sp³-hybridized carbons (Fsp3) is 0.294. The number of ether oxygens (including phenoxy) is 1. The Bertz CT molecular complexity index is 550. The van der Waals surface area contributed by atoms with Crippen LogP contribution in [-0.4, -0.2) is 6.61 Å². The highest BCUT2D eigenvalue weighted by molar-refractivity contribution is 5.40. The SMILES string of the molecule is NC(Cc1ccccc1)c1ccc2c(c1)CCCO2. The average Bonchev–Trinajstić information content (AvgIpc) is 2.48. The van der Waals surface area contributed by atoms with Crippen molar-refractivity contribution >= 4 is 0 Å². The van der Waals surface area contributed by atoms with Gasteiger partial charge in [-0.25, -0.2) is 0 Å². The molecule has 1 aliphatic rings. The smallest absolute Gasteiger partial charge is 0.122 e. The van der Waals surface area contributed by atoms with Crippen LogP contribution in [0.1, 0.15) is 29.2 Å². The van der Waals surface area contributed by atoms with E-state index in [1.807, 2.05) is 6.07 Å². The molecule has 1 atom stereocenters. The maximum Gasteiger partial charge on any atom is 0.122 e. The van der Waals surface area contributed by atoms with Crippen LogP contribution in [0, 0.1) is 0 Å². The van der Waals surface area contributed by atoms with Gasteiger partial charge < -0.3 is 10.5 Å². The van der Waals surface area contributed by atoms with E-state index < -0.39 is 0 Å². The molecule has 1 unspecified atom stereocenters. The van der Waals surface area contributed by atoms with Gasteiger partial charge >= 0.3 is 0 Å². The standard InChI is InChI=1S/C17H19NO/c18-16(11-13-5-2-1-3-6-13)14-8-9-17-15(12-14)7-4-10-19-17/h1-3,5-6,8-9,12,16H,4,7,10-11,18H2. The first-order valence-corrected chi connectivity index (χ1v) is 6.88. The van der Waals surface area contributed by atoms with E-state index in [-0.39, 0.29) is 6.04 Å². The summed E-state index contributed by atoms with van der Waals surface area (Å²) >= 11 is 0. The molecule has 0 bridgehead atoms. The summed E-state index contributed by atoms with van der Waals surface area (Å²) in [5, 5.41) is 0. The zero-order chi connectivity index (χ0) is 13.1. The van der Waals surface area contributed by atoms with Gasteiger partial charge in [0.1, 0.15) is 5.75 Å². The lowest BCUT2D eigenvalue weighted by Gasteiger charge is -2.20. The third-order valence-corrected chi connectivity index (χ3v) is 3.66. The third kappa shape index (κ3) is 2.79. The number of hydrogen-bond donors (Lipinski definition) is 1. The van der Waals surface area contributed by atoms with Crippen molar-refractivity contribution in [1.29, 1.82) is 0 Å². The Morgan fingerprint density at radius 1 is 1.11 bits per heavy atom. The highest BCUT2D eigenvalue weighted by Gasteiger charge is 2.13. The number of fused-ring (bicyclic) bond motifs is 1. The van der Waals surface area contributed by atoms with Gasteiger partial charge in [0.15, 0.2) is 0 Å². The van der Waals surface area contributed by atoms with E-state index in [1.54, 1.807) is 0 Å². The normalized spacial score (nSPS) is 15.4. The maximum atomic E-state index is 6.32. The summed E-state index contributed by atoms with van der Waals surface area (Å²) in [6, 6.07) is 16.8. The van der Waals surface area contributed by atoms with Crippen LogP contribution in [0.5, 0.6) is 5.75 Å². The molecule has 0 amide bonds. The third-order valence-electron chi connectivity index (χ3n) is 3.66. The largest absolute Gasteiger partial charge is 0.493 e. The van der Waals surface area contributed by atoms with Crippen molar-refractivity contribution in [3.63, 3.8) is 0 Å². The quantitative estimate of drug-likeness (QED) is 0.911. The fourth-order valence-corrected chi connectivity index (χ4v) is 2.60. The Balaban J connectivity index is 1.78. The highest BCUT2D eigenvalue weighted by Crippen LogP contribution is 2.28. The van der Waals surface area contributed by atoms with Crippen LogP contribution in [0.3, 0.4) is 0 Å². The Kier molecular flexibility index (Phi) is 3.51. The van der Waals surface area contributed by atoms with Gasteiger partial charge in [-0.3, -0.25) is 0 Å². The molecule has 0 radical (unpaired) electrons. The molecular weight excluding hydrogens is 234 g/mol. The van der Waals surface area contributed by atoms with E-state index in [0.29, 0.717) is 0 Å². The molecule has 0 fully saturated rings. The van der Waals surface area contributed by atoms with Crippen molar-refractivity contribution in [2.24, 2.45) is 5.73 Å². The number of rotatable bonds is 3. The molecule has 3 rings (SSSR count). The van der Waals surface area contributed by atoms with Crippen molar-refractivity contribution in [2.75, 3.05) is 6.61 Å². The Hall–Kier alpha value is -1.80. The molecule has 0 spiro atoms. The van der Waals surface area contributed by atoms with Gasteiger partial charge in [-0.1, -0.05) is 42.5 Å². The summed E-state index contributed by atoms with van der Waals surface area (Å²) in [4.78, 5) is 0. The summed E-state index contributed by atoms with van der Waals surface area (Å²) in [6.07, 6.45) is 3.08. The molecule has 2 aromatic carbocycles. The first kappa shape index (κ1) is 12.2. The van der Waals surface area contributed by atoms with E-state index in [2.05, 4.69) is 42.5 Å². The summed E-state index contributed by atoms with van der Waals surface area (Å²) < 4.78 is 5.64. The fourth-order valence-electron chi connectivity index (χ4n) is 2.60. The zero-order valence-electron chi connectivity index (χ0n) is 11.0. The summed E-state index contributed by atoms with van der Waals surface area (Å²) in [5.41, 5.74) is 10.1. The second-order valence-corrected chi connectivity index (χ2v) is 5.12. The van der Waals surface area contributed by atoms with Gasteiger partial charge in [0.25, 0.3) is 0 Å². The van der Waals surface area contributed by atoms with Gasteiger partial charge in [0.05, 0.1) is 6.61 Å². The molecule has 0 aliphatic carbocycles. The molecule has 0 saturated heterocycles. The molecular formula is C17H19NO. The topological polar surface area (TPSA) is 35.2 Å². The van der Waals surface area contributed by atoms with Crippen molar-refractivity contribution < 1.29 is 4.74 Å². The van der Waals surface area contributed by atoms with Crippen LogP contribution in [0.2, 0.25) is 0 Å². The Morgan fingerprint density at radius 3 is 2.79 bits per heavy atom. The number of hydrogen-bond acceptors (Lipinski definition) is 2. The molecule has 1 heterocycles. The second-order valence-electron chi connectivity index (χ2n) is 5.12. The predicted octanol–water partition coefficient (Wildman–Crippen LogP) is 3.25. The van der Waals surface area contributed by atoms with Gasteiger partial charge in [-0.15, -0.1) is 0 Å². The van der Waals surface area contributed by atoms with Crippen molar-refractivity contribution in [3.8, 4) is 5.75 Å². The van der Waals surface area contributed by atoms with E-state index in [1.165, 1.54) is 16.7 Å². The average molecular weight is 253 g/mol. The van der Waals surface area contributed by atoms with E-state index >= 15 is 0 Å². The lowest BCUT2D eigenvalue weighted by atomic mass is 9.96. The van der Waals surface area contributed by atoms with Crippen LogP contribution >= 0.6 is 0 Å².